The van der Waals surface area contributed by atoms with Crippen LogP contribution in [0.2, 0.25) is 0 Å². The summed E-state index contributed by atoms with van der Waals surface area (Å²) < 4.78 is 16.4. The van der Waals surface area contributed by atoms with Crippen LogP contribution in [0.5, 0.6) is 0 Å². The molecule has 2 heterocycles. The van der Waals surface area contributed by atoms with Gasteiger partial charge in [-0.25, -0.2) is 9.59 Å². The molecule has 1 amide bonds. The molecule has 0 radical (unpaired) electrons. The monoisotopic (exact) mass is 422 g/mol. The number of fused-ring (bicyclic) bond motifs is 1. The zero-order valence-corrected chi connectivity index (χ0v) is 17.7. The van der Waals surface area contributed by atoms with E-state index in [2.05, 4.69) is 29.3 Å². The quantitative estimate of drug-likeness (QED) is 0.617. The fourth-order valence-corrected chi connectivity index (χ4v) is 3.98. The van der Waals surface area contributed by atoms with Crippen molar-refractivity contribution in [2.24, 2.45) is 0 Å². The summed E-state index contributed by atoms with van der Waals surface area (Å²) in [7, 11) is 0. The fraction of sp³-hybridized carbons (Fsp3) is 0.333. The van der Waals surface area contributed by atoms with Crippen molar-refractivity contribution < 1.29 is 18.7 Å². The standard InChI is InChI=1S/C24H26N2O5/c1-3-29-24(28)25-19-9-10-20-18(11-23(27)31-21(20)12-19)14-26-13-16(2)30-22(15-26)17-7-5-4-6-8-17/h4-12,16,22H,3,13-15H2,1-2H3,(H,25,28). The predicted octanol–water partition coefficient (Wildman–Crippen LogP) is 4.32. The topological polar surface area (TPSA) is 81.0 Å². The first-order chi connectivity index (χ1) is 15.0. The minimum atomic E-state index is -0.547. The van der Waals surface area contributed by atoms with Gasteiger partial charge < -0.3 is 13.9 Å². The first-order valence-corrected chi connectivity index (χ1v) is 10.4. The van der Waals surface area contributed by atoms with Crippen molar-refractivity contribution in [3.05, 3.63) is 76.1 Å². The van der Waals surface area contributed by atoms with Crippen LogP contribution in [0.15, 0.2) is 63.8 Å². The van der Waals surface area contributed by atoms with E-state index < -0.39 is 11.7 Å². The third-order valence-electron chi connectivity index (χ3n) is 5.25. The second-order valence-corrected chi connectivity index (χ2v) is 7.69. The third kappa shape index (κ3) is 5.13. The Morgan fingerprint density at radius 3 is 2.74 bits per heavy atom. The van der Waals surface area contributed by atoms with Crippen LogP contribution in [0.4, 0.5) is 10.5 Å². The van der Waals surface area contributed by atoms with Crippen LogP contribution in [-0.4, -0.2) is 36.8 Å². The van der Waals surface area contributed by atoms with Crippen molar-refractivity contribution in [1.29, 1.82) is 0 Å². The lowest BCUT2D eigenvalue weighted by atomic mass is 10.0. The minimum Gasteiger partial charge on any atom is -0.450 e. The summed E-state index contributed by atoms with van der Waals surface area (Å²) in [4.78, 5) is 26.2. The maximum absolute atomic E-state index is 12.2. The van der Waals surface area contributed by atoms with Gasteiger partial charge in [0.25, 0.3) is 0 Å². The third-order valence-corrected chi connectivity index (χ3v) is 5.25. The van der Waals surface area contributed by atoms with Gasteiger partial charge in [-0.05, 0) is 37.1 Å². The molecule has 1 fully saturated rings. The molecule has 4 rings (SSSR count). The number of benzene rings is 2. The molecule has 2 unspecified atom stereocenters. The molecule has 1 N–H and O–H groups in total. The maximum Gasteiger partial charge on any atom is 0.411 e. The van der Waals surface area contributed by atoms with E-state index in [0.717, 1.165) is 29.6 Å². The lowest BCUT2D eigenvalue weighted by Crippen LogP contribution is -2.42. The van der Waals surface area contributed by atoms with Crippen LogP contribution >= 0.6 is 0 Å². The van der Waals surface area contributed by atoms with Crippen LogP contribution in [-0.2, 0) is 16.0 Å². The van der Waals surface area contributed by atoms with Crippen LogP contribution in [0.3, 0.4) is 0 Å². The fourth-order valence-electron chi connectivity index (χ4n) is 3.98. The van der Waals surface area contributed by atoms with E-state index in [0.29, 0.717) is 17.8 Å². The molecule has 7 heteroatoms. The molecule has 0 spiro atoms. The molecule has 7 nitrogen and oxygen atoms in total. The molecule has 31 heavy (non-hydrogen) atoms. The second kappa shape index (κ2) is 9.32. The Morgan fingerprint density at radius 2 is 1.97 bits per heavy atom. The number of hydrogen-bond donors (Lipinski definition) is 1. The number of carbonyl (C=O) groups is 1. The highest BCUT2D eigenvalue weighted by Crippen LogP contribution is 2.28. The first kappa shape index (κ1) is 21.1. The number of anilines is 1. The lowest BCUT2D eigenvalue weighted by molar-refractivity contribution is -0.0813. The van der Waals surface area contributed by atoms with Gasteiger partial charge in [0, 0.05) is 42.8 Å². The molecule has 0 aliphatic carbocycles. The highest BCUT2D eigenvalue weighted by molar-refractivity contribution is 5.89. The van der Waals surface area contributed by atoms with Crippen molar-refractivity contribution >= 4 is 22.7 Å². The van der Waals surface area contributed by atoms with Crippen molar-refractivity contribution in [2.75, 3.05) is 25.0 Å². The van der Waals surface area contributed by atoms with Gasteiger partial charge in [-0.15, -0.1) is 0 Å². The summed E-state index contributed by atoms with van der Waals surface area (Å²) in [6.45, 7) is 6.18. The predicted molar refractivity (Wildman–Crippen MR) is 118 cm³/mol. The first-order valence-electron chi connectivity index (χ1n) is 10.4. The number of amides is 1. The molecular weight excluding hydrogens is 396 g/mol. The largest absolute Gasteiger partial charge is 0.450 e. The zero-order chi connectivity index (χ0) is 21.8. The Kier molecular flexibility index (Phi) is 6.34. The SMILES string of the molecule is CCOC(=O)Nc1ccc2c(CN3CC(C)OC(c4ccccc4)C3)cc(=O)oc2c1. The van der Waals surface area contributed by atoms with Gasteiger partial charge in [0.05, 0.1) is 18.8 Å². The summed E-state index contributed by atoms with van der Waals surface area (Å²) in [6, 6.07) is 17.0. The average Bonchev–Trinajstić information content (AvgIpc) is 2.74. The van der Waals surface area contributed by atoms with Crippen molar-refractivity contribution in [3.8, 4) is 0 Å². The van der Waals surface area contributed by atoms with Crippen molar-refractivity contribution in [3.63, 3.8) is 0 Å². The van der Waals surface area contributed by atoms with Gasteiger partial charge in [0.15, 0.2) is 0 Å². The van der Waals surface area contributed by atoms with Gasteiger partial charge in [0.2, 0.25) is 0 Å². The molecule has 0 saturated carbocycles. The Hall–Kier alpha value is -3.16. The Balaban J connectivity index is 1.57. The normalized spacial score (nSPS) is 19.3. The van der Waals surface area contributed by atoms with Gasteiger partial charge in [-0.3, -0.25) is 10.2 Å². The van der Waals surface area contributed by atoms with E-state index in [1.54, 1.807) is 25.1 Å². The van der Waals surface area contributed by atoms with Gasteiger partial charge in [-0.1, -0.05) is 30.3 Å². The minimum absolute atomic E-state index is 0.0169. The van der Waals surface area contributed by atoms with Crippen molar-refractivity contribution in [1.82, 2.24) is 4.90 Å². The van der Waals surface area contributed by atoms with Crippen molar-refractivity contribution in [2.45, 2.75) is 32.6 Å². The Bertz CT molecular complexity index is 1110. The molecular formula is C24H26N2O5. The molecule has 1 aliphatic rings. The number of nitrogens with one attached hydrogen (secondary N) is 1. The van der Waals surface area contributed by atoms with Gasteiger partial charge in [0.1, 0.15) is 5.58 Å². The Morgan fingerprint density at radius 1 is 1.16 bits per heavy atom. The second-order valence-electron chi connectivity index (χ2n) is 7.69. The summed E-state index contributed by atoms with van der Waals surface area (Å²) in [5.41, 5.74) is 2.55. The number of carbonyl (C=O) groups excluding carboxylic acids is 1. The van der Waals surface area contributed by atoms with E-state index in [4.69, 9.17) is 13.9 Å². The number of rotatable bonds is 5. The number of hydrogen-bond acceptors (Lipinski definition) is 6. The van der Waals surface area contributed by atoms with E-state index in [1.807, 2.05) is 24.3 Å². The Labute approximate surface area is 180 Å². The summed E-state index contributed by atoms with van der Waals surface area (Å²) >= 11 is 0. The molecule has 2 aromatic carbocycles. The number of nitrogens with zero attached hydrogens (tertiary/aromatic N) is 1. The van der Waals surface area contributed by atoms with Gasteiger partial charge in [-0.2, -0.15) is 0 Å². The number of ether oxygens (including phenoxy) is 2. The summed E-state index contributed by atoms with van der Waals surface area (Å²) in [5, 5.41) is 3.47. The lowest BCUT2D eigenvalue weighted by Gasteiger charge is -2.37. The number of morpholine rings is 1. The molecule has 1 aromatic heterocycles. The van der Waals surface area contributed by atoms with Gasteiger partial charge >= 0.3 is 11.7 Å². The highest BCUT2D eigenvalue weighted by Gasteiger charge is 2.27. The van der Waals surface area contributed by atoms with Crippen LogP contribution in [0.25, 0.3) is 11.0 Å². The molecule has 2 atom stereocenters. The molecule has 1 aliphatic heterocycles. The zero-order valence-electron chi connectivity index (χ0n) is 17.7. The van der Waals surface area contributed by atoms with E-state index in [9.17, 15) is 9.59 Å². The van der Waals surface area contributed by atoms with Crippen LogP contribution < -0.4 is 10.9 Å². The van der Waals surface area contributed by atoms with E-state index in [-0.39, 0.29) is 18.8 Å². The van der Waals surface area contributed by atoms with E-state index in [1.165, 1.54) is 0 Å². The smallest absolute Gasteiger partial charge is 0.411 e. The van der Waals surface area contributed by atoms with Crippen LogP contribution in [0, 0.1) is 0 Å². The van der Waals surface area contributed by atoms with E-state index >= 15 is 0 Å². The molecule has 1 saturated heterocycles. The average molecular weight is 422 g/mol. The molecule has 162 valence electrons. The summed E-state index contributed by atoms with van der Waals surface area (Å²) in [5.74, 6) is 0. The van der Waals surface area contributed by atoms with Crippen LogP contribution in [0.1, 0.15) is 31.1 Å². The molecule has 3 aromatic rings. The molecule has 0 bridgehead atoms. The summed E-state index contributed by atoms with van der Waals surface area (Å²) in [6.07, 6.45) is -0.489. The highest BCUT2D eigenvalue weighted by atomic mass is 16.5. The maximum atomic E-state index is 12.2.